The molecular formula is C18H25F3IN3O2. The summed E-state index contributed by atoms with van der Waals surface area (Å²) >= 11 is 0. The number of hydrogen-bond donors (Lipinski definition) is 1. The zero-order chi connectivity index (χ0) is 19.3. The molecule has 2 atom stereocenters. The molecular weight excluding hydrogens is 474 g/mol. The van der Waals surface area contributed by atoms with Crippen LogP contribution in [0.5, 0.6) is 0 Å². The Hall–Kier alpha value is -1.52. The minimum atomic E-state index is -4.34. The zero-order valence-corrected chi connectivity index (χ0v) is 17.9. The van der Waals surface area contributed by atoms with E-state index in [0.717, 1.165) is 12.1 Å². The van der Waals surface area contributed by atoms with Crippen molar-refractivity contribution in [1.82, 2.24) is 10.2 Å². The van der Waals surface area contributed by atoms with Crippen molar-refractivity contribution < 1.29 is 22.7 Å². The fourth-order valence-electron chi connectivity index (χ4n) is 2.99. The third-order valence-electron chi connectivity index (χ3n) is 4.44. The Morgan fingerprint density at radius 2 is 1.93 bits per heavy atom. The molecule has 0 bridgehead atoms. The molecule has 0 aliphatic carbocycles. The Morgan fingerprint density at radius 3 is 2.44 bits per heavy atom. The van der Waals surface area contributed by atoms with E-state index < -0.39 is 11.7 Å². The van der Waals surface area contributed by atoms with Crippen molar-refractivity contribution in [3.8, 4) is 0 Å². The molecule has 1 aliphatic rings. The average Bonchev–Trinajstić information content (AvgIpc) is 2.99. The summed E-state index contributed by atoms with van der Waals surface area (Å²) in [6.45, 7) is 6.01. The van der Waals surface area contributed by atoms with E-state index in [1.807, 2.05) is 18.7 Å². The fourth-order valence-corrected chi connectivity index (χ4v) is 2.99. The largest absolute Gasteiger partial charge is 0.469 e. The summed E-state index contributed by atoms with van der Waals surface area (Å²) in [4.78, 5) is 18.3. The minimum absolute atomic E-state index is 0. The van der Waals surface area contributed by atoms with E-state index in [4.69, 9.17) is 4.74 Å². The van der Waals surface area contributed by atoms with Crippen molar-refractivity contribution >= 4 is 35.9 Å². The first-order valence-electron chi connectivity index (χ1n) is 8.53. The van der Waals surface area contributed by atoms with Crippen LogP contribution in [0, 0.1) is 11.8 Å². The topological polar surface area (TPSA) is 53.9 Å². The van der Waals surface area contributed by atoms with E-state index in [2.05, 4.69) is 10.3 Å². The van der Waals surface area contributed by atoms with Gasteiger partial charge in [-0.25, -0.2) is 4.99 Å². The van der Waals surface area contributed by atoms with Gasteiger partial charge in [0.2, 0.25) is 0 Å². The molecule has 2 rings (SSSR count). The second kappa shape index (κ2) is 10.1. The maximum Gasteiger partial charge on any atom is 0.416 e. The number of likely N-dealkylation sites (tertiary alicyclic amines) is 1. The van der Waals surface area contributed by atoms with Gasteiger partial charge < -0.3 is 15.0 Å². The summed E-state index contributed by atoms with van der Waals surface area (Å²) in [5.74, 6) is 0.330. The van der Waals surface area contributed by atoms with Gasteiger partial charge >= 0.3 is 12.1 Å². The second-order valence-corrected chi connectivity index (χ2v) is 6.38. The highest BCUT2D eigenvalue weighted by Crippen LogP contribution is 2.29. The molecule has 1 heterocycles. The van der Waals surface area contributed by atoms with E-state index in [1.165, 1.54) is 19.2 Å². The minimum Gasteiger partial charge on any atom is -0.469 e. The summed E-state index contributed by atoms with van der Waals surface area (Å²) in [7, 11) is 1.38. The number of carbonyl (C=O) groups is 1. The van der Waals surface area contributed by atoms with Crippen LogP contribution in [0.25, 0.3) is 0 Å². The van der Waals surface area contributed by atoms with Gasteiger partial charge in [-0.1, -0.05) is 19.1 Å². The van der Waals surface area contributed by atoms with Gasteiger partial charge in [-0.2, -0.15) is 13.2 Å². The van der Waals surface area contributed by atoms with Crippen molar-refractivity contribution in [2.75, 3.05) is 26.7 Å². The van der Waals surface area contributed by atoms with Gasteiger partial charge in [0.1, 0.15) is 0 Å². The normalized spacial score (nSPS) is 20.2. The molecule has 0 saturated carbocycles. The number of halogens is 4. The Morgan fingerprint density at radius 1 is 1.30 bits per heavy atom. The number of methoxy groups -OCH3 is 1. The number of esters is 1. The van der Waals surface area contributed by atoms with E-state index >= 15 is 0 Å². The van der Waals surface area contributed by atoms with E-state index in [1.54, 1.807) is 0 Å². The zero-order valence-electron chi connectivity index (χ0n) is 15.5. The molecule has 1 aromatic carbocycles. The SMILES string of the molecule is CCNC(=NCc1ccc(C(F)(F)F)cc1)N1CC(C)C(C(=O)OC)C1.I. The molecule has 1 aromatic rings. The number of aliphatic imine (C=N–C) groups is 1. The number of carbonyl (C=O) groups excluding carboxylic acids is 1. The van der Waals surface area contributed by atoms with Gasteiger partial charge in [0.25, 0.3) is 0 Å². The number of rotatable bonds is 4. The lowest BCUT2D eigenvalue weighted by molar-refractivity contribution is -0.146. The van der Waals surface area contributed by atoms with Crippen molar-refractivity contribution in [1.29, 1.82) is 0 Å². The van der Waals surface area contributed by atoms with Crippen LogP contribution < -0.4 is 5.32 Å². The summed E-state index contributed by atoms with van der Waals surface area (Å²) < 4.78 is 42.7. The average molecular weight is 499 g/mol. The number of benzene rings is 1. The molecule has 5 nitrogen and oxygen atoms in total. The summed E-state index contributed by atoms with van der Waals surface area (Å²) in [5, 5.41) is 3.17. The number of guanidine groups is 1. The van der Waals surface area contributed by atoms with Gasteiger partial charge in [-0.15, -0.1) is 24.0 Å². The predicted octanol–water partition coefficient (Wildman–Crippen LogP) is 3.53. The highest BCUT2D eigenvalue weighted by Gasteiger charge is 2.36. The van der Waals surface area contributed by atoms with Crippen LogP contribution in [-0.4, -0.2) is 43.6 Å². The number of nitrogens with zero attached hydrogens (tertiary/aromatic N) is 2. The maximum absolute atomic E-state index is 12.6. The third-order valence-corrected chi connectivity index (χ3v) is 4.44. The highest BCUT2D eigenvalue weighted by atomic mass is 127. The third kappa shape index (κ3) is 6.25. The number of hydrogen-bond acceptors (Lipinski definition) is 3. The standard InChI is InChI=1S/C18H24F3N3O2.HI/c1-4-22-17(24-10-12(2)15(11-24)16(25)26-3)23-9-13-5-7-14(8-6-13)18(19,20)21;/h5-8,12,15H,4,9-11H2,1-3H3,(H,22,23);1H. The summed E-state index contributed by atoms with van der Waals surface area (Å²) in [6, 6.07) is 4.98. The molecule has 1 saturated heterocycles. The van der Waals surface area contributed by atoms with E-state index in [-0.39, 0.29) is 48.3 Å². The van der Waals surface area contributed by atoms with Crippen LogP contribution in [-0.2, 0) is 22.3 Å². The lowest BCUT2D eigenvalue weighted by atomic mass is 9.99. The smallest absolute Gasteiger partial charge is 0.416 e. The first-order chi connectivity index (χ1) is 12.3. The highest BCUT2D eigenvalue weighted by molar-refractivity contribution is 14.0. The first kappa shape index (κ1) is 23.5. The van der Waals surface area contributed by atoms with Gasteiger partial charge in [0.05, 0.1) is 25.1 Å². The van der Waals surface area contributed by atoms with Crippen molar-refractivity contribution in [3.05, 3.63) is 35.4 Å². The van der Waals surface area contributed by atoms with E-state index in [0.29, 0.717) is 31.2 Å². The van der Waals surface area contributed by atoms with Gasteiger partial charge in [0.15, 0.2) is 5.96 Å². The molecule has 9 heteroatoms. The molecule has 0 spiro atoms. The summed E-state index contributed by atoms with van der Waals surface area (Å²) in [5.41, 5.74) is 0.0107. The Kier molecular flexibility index (Phi) is 8.83. The Labute approximate surface area is 174 Å². The molecule has 2 unspecified atom stereocenters. The van der Waals surface area contributed by atoms with Crippen LogP contribution in [0.4, 0.5) is 13.2 Å². The van der Waals surface area contributed by atoms with Crippen LogP contribution in [0.3, 0.4) is 0 Å². The molecule has 0 aromatic heterocycles. The van der Waals surface area contributed by atoms with Gasteiger partial charge in [-0.3, -0.25) is 4.79 Å². The Balaban J connectivity index is 0.00000364. The Bertz CT molecular complexity index is 650. The number of ether oxygens (including phenoxy) is 1. The van der Waals surface area contributed by atoms with Crippen LogP contribution in [0.2, 0.25) is 0 Å². The molecule has 0 amide bonds. The lowest BCUT2D eigenvalue weighted by Crippen LogP contribution is -2.40. The molecule has 1 N–H and O–H groups in total. The monoisotopic (exact) mass is 499 g/mol. The molecule has 27 heavy (non-hydrogen) atoms. The quantitative estimate of drug-likeness (QED) is 0.298. The predicted molar refractivity (Wildman–Crippen MR) is 108 cm³/mol. The molecule has 1 fully saturated rings. The van der Waals surface area contributed by atoms with E-state index in [9.17, 15) is 18.0 Å². The van der Waals surface area contributed by atoms with Crippen molar-refractivity contribution in [2.24, 2.45) is 16.8 Å². The van der Waals surface area contributed by atoms with Crippen molar-refractivity contribution in [3.63, 3.8) is 0 Å². The number of alkyl halides is 3. The van der Waals surface area contributed by atoms with Crippen LogP contribution in [0.1, 0.15) is 25.0 Å². The van der Waals surface area contributed by atoms with Gasteiger partial charge in [0, 0.05) is 19.6 Å². The molecule has 0 radical (unpaired) electrons. The lowest BCUT2D eigenvalue weighted by Gasteiger charge is -2.21. The van der Waals surface area contributed by atoms with Crippen molar-refractivity contribution in [2.45, 2.75) is 26.6 Å². The van der Waals surface area contributed by atoms with Crippen LogP contribution in [0.15, 0.2) is 29.3 Å². The summed E-state index contributed by atoms with van der Waals surface area (Å²) in [6.07, 6.45) is -4.34. The second-order valence-electron chi connectivity index (χ2n) is 6.38. The van der Waals surface area contributed by atoms with Crippen LogP contribution >= 0.6 is 24.0 Å². The maximum atomic E-state index is 12.6. The first-order valence-corrected chi connectivity index (χ1v) is 8.53. The number of nitrogens with one attached hydrogen (secondary N) is 1. The molecule has 1 aliphatic heterocycles. The molecule has 152 valence electrons. The van der Waals surface area contributed by atoms with Gasteiger partial charge in [-0.05, 0) is 30.5 Å². The fraction of sp³-hybridized carbons (Fsp3) is 0.556.